The predicted octanol–water partition coefficient (Wildman–Crippen LogP) is 2.98. The normalized spacial score (nSPS) is 18.6. The lowest BCUT2D eigenvalue weighted by molar-refractivity contribution is 0.385. The monoisotopic (exact) mass is 309 g/mol. The van der Waals surface area contributed by atoms with Crippen LogP contribution in [0.2, 0.25) is 0 Å². The summed E-state index contributed by atoms with van der Waals surface area (Å²) in [6, 6.07) is 11.0. The molecule has 0 unspecified atom stereocenters. The maximum atomic E-state index is 5.57. The van der Waals surface area contributed by atoms with Crippen LogP contribution in [0.5, 0.6) is 0 Å². The van der Waals surface area contributed by atoms with Crippen molar-refractivity contribution in [1.29, 1.82) is 0 Å². The van der Waals surface area contributed by atoms with Crippen molar-refractivity contribution in [2.75, 3.05) is 0 Å². The molecule has 0 saturated heterocycles. The number of benzene rings is 1. The van der Waals surface area contributed by atoms with Gasteiger partial charge in [-0.25, -0.2) is 4.68 Å². The molecule has 3 aromatic rings. The van der Waals surface area contributed by atoms with Crippen LogP contribution in [0.3, 0.4) is 0 Å². The zero-order chi connectivity index (χ0) is 15.6. The van der Waals surface area contributed by atoms with Crippen molar-refractivity contribution >= 4 is 0 Å². The van der Waals surface area contributed by atoms with Crippen molar-refractivity contribution in [2.24, 2.45) is 0 Å². The van der Waals surface area contributed by atoms with Gasteiger partial charge in [-0.1, -0.05) is 12.1 Å². The van der Waals surface area contributed by atoms with Crippen molar-refractivity contribution in [1.82, 2.24) is 25.5 Å². The molecular weight excluding hydrogens is 290 g/mol. The highest BCUT2D eigenvalue weighted by Crippen LogP contribution is 2.32. The minimum atomic E-state index is 0.267. The van der Waals surface area contributed by atoms with Gasteiger partial charge in [0.25, 0.3) is 0 Å². The van der Waals surface area contributed by atoms with Crippen molar-refractivity contribution in [3.63, 3.8) is 0 Å². The van der Waals surface area contributed by atoms with Gasteiger partial charge in [0.05, 0.1) is 12.0 Å². The fourth-order valence-electron chi connectivity index (χ4n) is 3.25. The highest BCUT2D eigenvalue weighted by molar-refractivity contribution is 5.34. The quantitative estimate of drug-likeness (QED) is 0.802. The number of fused-ring (bicyclic) bond motifs is 1. The predicted molar refractivity (Wildman–Crippen MR) is 85.1 cm³/mol. The first-order chi connectivity index (χ1) is 11.3. The fraction of sp³-hybridized carbons (Fsp3) is 0.353. The van der Waals surface area contributed by atoms with Crippen LogP contribution < -0.4 is 5.32 Å². The largest absolute Gasteiger partial charge is 0.469 e. The van der Waals surface area contributed by atoms with Gasteiger partial charge in [-0.15, -0.1) is 5.10 Å². The lowest BCUT2D eigenvalue weighted by atomic mass is 9.92. The average molecular weight is 309 g/mol. The summed E-state index contributed by atoms with van der Waals surface area (Å²) in [5.74, 6) is 1.13. The number of tetrazole rings is 1. The third-order valence-electron chi connectivity index (χ3n) is 4.51. The van der Waals surface area contributed by atoms with Crippen molar-refractivity contribution in [3.8, 4) is 5.69 Å². The molecule has 2 heterocycles. The van der Waals surface area contributed by atoms with Crippen LogP contribution in [0.1, 0.15) is 48.7 Å². The topological polar surface area (TPSA) is 68.8 Å². The number of nitrogens with one attached hydrogen (secondary N) is 1. The molecule has 23 heavy (non-hydrogen) atoms. The third-order valence-corrected chi connectivity index (χ3v) is 4.51. The van der Waals surface area contributed by atoms with Gasteiger partial charge in [-0.3, -0.25) is 0 Å². The molecular formula is C17H19N5O. The van der Waals surface area contributed by atoms with Gasteiger partial charge in [-0.05, 0) is 54.0 Å². The molecule has 1 N–H and O–H groups in total. The first-order valence-electron chi connectivity index (χ1n) is 7.97. The number of hydrogen-bond acceptors (Lipinski definition) is 5. The molecule has 1 aliphatic rings. The minimum absolute atomic E-state index is 0.267. The number of furan rings is 1. The van der Waals surface area contributed by atoms with Gasteiger partial charge < -0.3 is 9.73 Å². The Morgan fingerprint density at radius 2 is 2.13 bits per heavy atom. The Balaban J connectivity index is 1.49. The summed E-state index contributed by atoms with van der Waals surface area (Å²) in [6.07, 6.45) is 6.77. The molecule has 0 aliphatic heterocycles. The molecule has 2 atom stereocenters. The zero-order valence-corrected chi connectivity index (χ0v) is 13.0. The van der Waals surface area contributed by atoms with Gasteiger partial charge in [0.2, 0.25) is 0 Å². The van der Waals surface area contributed by atoms with E-state index >= 15 is 0 Å². The van der Waals surface area contributed by atoms with Gasteiger partial charge >= 0.3 is 0 Å². The molecule has 0 bridgehead atoms. The first-order valence-corrected chi connectivity index (χ1v) is 7.97. The van der Waals surface area contributed by atoms with E-state index in [1.54, 1.807) is 17.3 Å². The second-order valence-electron chi connectivity index (χ2n) is 5.98. The smallest absolute Gasteiger partial charge is 0.143 e. The van der Waals surface area contributed by atoms with Gasteiger partial charge in [0, 0.05) is 24.1 Å². The lowest BCUT2D eigenvalue weighted by Gasteiger charge is -2.26. The van der Waals surface area contributed by atoms with Gasteiger partial charge in [0.1, 0.15) is 12.1 Å². The number of aryl methyl sites for hydroxylation is 1. The van der Waals surface area contributed by atoms with Crippen LogP contribution in [0.4, 0.5) is 0 Å². The zero-order valence-electron chi connectivity index (χ0n) is 13.0. The van der Waals surface area contributed by atoms with E-state index in [9.17, 15) is 0 Å². The van der Waals surface area contributed by atoms with Crippen LogP contribution in [-0.2, 0) is 6.42 Å². The molecule has 6 heteroatoms. The van der Waals surface area contributed by atoms with Crippen molar-refractivity contribution in [2.45, 2.75) is 38.3 Å². The summed E-state index contributed by atoms with van der Waals surface area (Å²) >= 11 is 0. The number of rotatable bonds is 4. The molecule has 6 nitrogen and oxygen atoms in total. The van der Waals surface area contributed by atoms with Crippen molar-refractivity contribution in [3.05, 3.63) is 59.8 Å². The Morgan fingerprint density at radius 1 is 1.26 bits per heavy atom. The van der Waals surface area contributed by atoms with E-state index in [2.05, 4.69) is 46.0 Å². The second kappa shape index (κ2) is 5.96. The minimum Gasteiger partial charge on any atom is -0.469 e. The van der Waals surface area contributed by atoms with Crippen LogP contribution in [-0.4, -0.2) is 20.2 Å². The Hall–Kier alpha value is -2.47. The van der Waals surface area contributed by atoms with E-state index in [4.69, 9.17) is 4.42 Å². The molecule has 0 radical (unpaired) electrons. The van der Waals surface area contributed by atoms with E-state index in [1.165, 1.54) is 17.5 Å². The highest BCUT2D eigenvalue weighted by Gasteiger charge is 2.23. The molecule has 2 aromatic heterocycles. The summed E-state index contributed by atoms with van der Waals surface area (Å²) in [6.45, 7) is 2.19. The molecule has 0 saturated carbocycles. The lowest BCUT2D eigenvalue weighted by Crippen LogP contribution is -2.27. The van der Waals surface area contributed by atoms with Gasteiger partial charge in [0.15, 0.2) is 0 Å². The maximum absolute atomic E-state index is 5.57. The summed E-state index contributed by atoms with van der Waals surface area (Å²) in [7, 11) is 0. The molecule has 118 valence electrons. The summed E-state index contributed by atoms with van der Waals surface area (Å²) in [5.41, 5.74) is 3.52. The van der Waals surface area contributed by atoms with Crippen molar-refractivity contribution < 1.29 is 4.42 Å². The van der Waals surface area contributed by atoms with Crippen LogP contribution in [0, 0.1) is 0 Å². The second-order valence-corrected chi connectivity index (χ2v) is 5.98. The van der Waals surface area contributed by atoms with E-state index in [0.29, 0.717) is 6.04 Å². The standard InChI is InChI=1S/C17H19N5O/c1-12(19-16-3-2-4-17-15(16)9-10-23-17)13-5-7-14(8-6-13)22-11-18-20-21-22/h5-12,16,19H,2-4H2,1H3/t12-,16+/m0/s1. The Morgan fingerprint density at radius 3 is 2.91 bits per heavy atom. The SMILES string of the molecule is C[C@H](N[C@@H]1CCCc2occc21)c1ccc(-n2cnnn2)cc1. The average Bonchev–Trinajstić information content (AvgIpc) is 3.27. The van der Waals surface area contributed by atoms with Crippen LogP contribution >= 0.6 is 0 Å². The Labute approximate surface area is 134 Å². The Kier molecular flexibility index (Phi) is 3.67. The third kappa shape index (κ3) is 2.77. The number of aromatic nitrogens is 4. The van der Waals surface area contributed by atoms with E-state index < -0.39 is 0 Å². The molecule has 0 fully saturated rings. The summed E-state index contributed by atoms with van der Waals surface area (Å²) in [4.78, 5) is 0. The highest BCUT2D eigenvalue weighted by atomic mass is 16.3. The van der Waals surface area contributed by atoms with E-state index in [-0.39, 0.29) is 6.04 Å². The molecule has 4 rings (SSSR count). The number of nitrogens with zero attached hydrogens (tertiary/aromatic N) is 4. The van der Waals surface area contributed by atoms with E-state index in [0.717, 1.165) is 24.3 Å². The molecule has 0 amide bonds. The summed E-state index contributed by atoms with van der Waals surface area (Å²) < 4.78 is 7.22. The van der Waals surface area contributed by atoms with E-state index in [1.807, 2.05) is 12.1 Å². The van der Waals surface area contributed by atoms with Crippen LogP contribution in [0.25, 0.3) is 5.69 Å². The summed E-state index contributed by atoms with van der Waals surface area (Å²) in [5, 5.41) is 14.9. The van der Waals surface area contributed by atoms with Crippen LogP contribution in [0.15, 0.2) is 47.3 Å². The fourth-order valence-corrected chi connectivity index (χ4v) is 3.25. The first kappa shape index (κ1) is 14.1. The molecule has 1 aromatic carbocycles. The molecule has 0 spiro atoms. The molecule has 1 aliphatic carbocycles. The Bertz CT molecular complexity index is 763. The number of hydrogen-bond donors (Lipinski definition) is 1. The van der Waals surface area contributed by atoms with Gasteiger partial charge in [-0.2, -0.15) is 0 Å². The maximum Gasteiger partial charge on any atom is 0.143 e.